The molecule has 0 bridgehead atoms. The molecular weight excluding hydrogens is 250 g/mol. The van der Waals surface area contributed by atoms with Crippen LogP contribution in [-0.2, 0) is 4.79 Å². The third-order valence-corrected chi connectivity index (χ3v) is 2.99. The molecule has 1 aliphatic heterocycles. The molecule has 0 aromatic heterocycles. The monoisotopic (exact) mass is 263 g/mol. The molecule has 0 saturated carbocycles. The number of nitrogens with zero attached hydrogens (tertiary/aromatic N) is 1. The number of nitro groups is 1. The highest BCUT2D eigenvalue weighted by atomic mass is 16.6. The summed E-state index contributed by atoms with van der Waals surface area (Å²) in [5.74, 6) is -0.573. The Labute approximate surface area is 109 Å². The molecule has 0 unspecified atom stereocenters. The number of phenolic OH excluding ortho intramolecular Hbond substituents is 1. The Morgan fingerprint density at radius 1 is 1.47 bits per heavy atom. The number of non-ortho nitro benzene ring substituents is 1. The minimum Gasteiger partial charge on any atom is -0.506 e. The highest BCUT2D eigenvalue weighted by molar-refractivity contribution is 6.05. The molecule has 1 aliphatic rings. The van der Waals surface area contributed by atoms with Crippen LogP contribution in [0.4, 0.5) is 11.4 Å². The number of carbonyl (C=O) groups excluding carboxylic acids is 1. The number of hydrogen-bond acceptors (Lipinski definition) is 5. The third-order valence-electron chi connectivity index (χ3n) is 2.99. The van der Waals surface area contributed by atoms with Crippen molar-refractivity contribution >= 4 is 17.3 Å². The fraction of sp³-hybridized carbons (Fsp3) is 0.250. The zero-order chi connectivity index (χ0) is 14.0. The van der Waals surface area contributed by atoms with Crippen molar-refractivity contribution in [3.05, 3.63) is 39.5 Å². The van der Waals surface area contributed by atoms with E-state index in [0.717, 1.165) is 11.6 Å². The fourth-order valence-electron chi connectivity index (χ4n) is 1.63. The summed E-state index contributed by atoms with van der Waals surface area (Å²) in [6.07, 6.45) is 0. The summed E-state index contributed by atoms with van der Waals surface area (Å²) >= 11 is 0. The topological polar surface area (TPSA) is 104 Å². The first-order valence-corrected chi connectivity index (χ1v) is 5.67. The molecular formula is C12H13N3O4. The highest BCUT2D eigenvalue weighted by Crippen LogP contribution is 2.28. The van der Waals surface area contributed by atoms with E-state index >= 15 is 0 Å². The van der Waals surface area contributed by atoms with Gasteiger partial charge in [0.05, 0.1) is 10.6 Å². The second-order valence-corrected chi connectivity index (χ2v) is 4.24. The first-order valence-electron chi connectivity index (χ1n) is 5.67. The van der Waals surface area contributed by atoms with E-state index in [-0.39, 0.29) is 23.0 Å². The summed E-state index contributed by atoms with van der Waals surface area (Å²) in [5.41, 5.74) is 1.39. The SMILES string of the molecule is CC(C(=O)Nc1cc([N+](=O)[O-])ccc1O)=C1CNC1. The number of nitrogens with one attached hydrogen (secondary N) is 2. The lowest BCUT2D eigenvalue weighted by molar-refractivity contribution is -0.384. The van der Waals surface area contributed by atoms with Crippen LogP contribution in [0.3, 0.4) is 0 Å². The molecule has 0 atom stereocenters. The second kappa shape index (κ2) is 5.07. The van der Waals surface area contributed by atoms with E-state index < -0.39 is 4.92 Å². The van der Waals surface area contributed by atoms with E-state index in [1.165, 1.54) is 12.1 Å². The molecule has 19 heavy (non-hydrogen) atoms. The zero-order valence-corrected chi connectivity index (χ0v) is 10.3. The number of hydrogen-bond donors (Lipinski definition) is 3. The predicted molar refractivity (Wildman–Crippen MR) is 69.0 cm³/mol. The summed E-state index contributed by atoms with van der Waals surface area (Å²) in [6, 6.07) is 3.48. The summed E-state index contributed by atoms with van der Waals surface area (Å²) in [6.45, 7) is 3.01. The summed E-state index contributed by atoms with van der Waals surface area (Å²) in [4.78, 5) is 22.0. The van der Waals surface area contributed by atoms with E-state index in [9.17, 15) is 20.0 Å². The van der Waals surface area contributed by atoms with Crippen LogP contribution in [-0.4, -0.2) is 29.0 Å². The molecule has 1 heterocycles. The Hall–Kier alpha value is -2.41. The number of phenols is 1. The van der Waals surface area contributed by atoms with Crippen LogP contribution in [0, 0.1) is 10.1 Å². The predicted octanol–water partition coefficient (Wildman–Crippen LogP) is 1.16. The molecule has 1 fully saturated rings. The second-order valence-electron chi connectivity index (χ2n) is 4.24. The van der Waals surface area contributed by atoms with Gasteiger partial charge in [0.25, 0.3) is 11.6 Å². The molecule has 3 N–H and O–H groups in total. The van der Waals surface area contributed by atoms with Crippen molar-refractivity contribution in [1.82, 2.24) is 5.32 Å². The zero-order valence-electron chi connectivity index (χ0n) is 10.3. The minimum atomic E-state index is -0.587. The van der Waals surface area contributed by atoms with Gasteiger partial charge in [-0.2, -0.15) is 0 Å². The van der Waals surface area contributed by atoms with Crippen LogP contribution >= 0.6 is 0 Å². The van der Waals surface area contributed by atoms with Crippen LogP contribution in [0.25, 0.3) is 0 Å². The average Bonchev–Trinajstić information content (AvgIpc) is 2.29. The molecule has 2 rings (SSSR count). The molecule has 1 aromatic rings. The van der Waals surface area contributed by atoms with E-state index in [1.807, 2.05) is 0 Å². The van der Waals surface area contributed by atoms with Crippen LogP contribution in [0.5, 0.6) is 5.75 Å². The van der Waals surface area contributed by atoms with Crippen LogP contribution in [0.1, 0.15) is 6.92 Å². The Bertz CT molecular complexity index is 574. The maximum Gasteiger partial charge on any atom is 0.271 e. The number of amides is 1. The maximum absolute atomic E-state index is 11.9. The van der Waals surface area contributed by atoms with Crippen LogP contribution in [0.15, 0.2) is 29.3 Å². The van der Waals surface area contributed by atoms with E-state index in [0.29, 0.717) is 18.7 Å². The quantitative estimate of drug-likeness (QED) is 0.328. The van der Waals surface area contributed by atoms with Gasteiger partial charge in [-0.1, -0.05) is 0 Å². The van der Waals surface area contributed by atoms with Gasteiger partial charge in [0, 0.05) is 30.8 Å². The van der Waals surface area contributed by atoms with Gasteiger partial charge in [0.1, 0.15) is 5.75 Å². The van der Waals surface area contributed by atoms with Crippen LogP contribution < -0.4 is 10.6 Å². The Morgan fingerprint density at radius 3 is 2.68 bits per heavy atom. The van der Waals surface area contributed by atoms with Gasteiger partial charge in [-0.05, 0) is 18.6 Å². The van der Waals surface area contributed by atoms with Crippen molar-refractivity contribution in [2.24, 2.45) is 0 Å². The maximum atomic E-state index is 11.9. The van der Waals surface area contributed by atoms with E-state index in [4.69, 9.17) is 0 Å². The smallest absolute Gasteiger partial charge is 0.271 e. The van der Waals surface area contributed by atoms with Crippen molar-refractivity contribution in [2.75, 3.05) is 18.4 Å². The lowest BCUT2D eigenvalue weighted by Gasteiger charge is -2.21. The van der Waals surface area contributed by atoms with Gasteiger partial charge < -0.3 is 15.7 Å². The molecule has 0 spiro atoms. The molecule has 1 amide bonds. The van der Waals surface area contributed by atoms with Gasteiger partial charge >= 0.3 is 0 Å². The van der Waals surface area contributed by atoms with E-state index in [2.05, 4.69) is 10.6 Å². The largest absolute Gasteiger partial charge is 0.506 e. The summed E-state index contributed by atoms with van der Waals surface area (Å²) < 4.78 is 0. The van der Waals surface area contributed by atoms with Crippen LogP contribution in [0.2, 0.25) is 0 Å². The first kappa shape index (κ1) is 13.0. The fourth-order valence-corrected chi connectivity index (χ4v) is 1.63. The van der Waals surface area contributed by atoms with Gasteiger partial charge in [-0.15, -0.1) is 0 Å². The van der Waals surface area contributed by atoms with Crippen molar-refractivity contribution in [3.8, 4) is 5.75 Å². The summed E-state index contributed by atoms with van der Waals surface area (Å²) in [7, 11) is 0. The highest BCUT2D eigenvalue weighted by Gasteiger charge is 2.18. The first-order chi connectivity index (χ1) is 8.99. The van der Waals surface area contributed by atoms with Crippen molar-refractivity contribution in [3.63, 3.8) is 0 Å². The number of rotatable bonds is 3. The van der Waals surface area contributed by atoms with Gasteiger partial charge in [-0.25, -0.2) is 0 Å². The van der Waals surface area contributed by atoms with Gasteiger partial charge in [0.2, 0.25) is 0 Å². The third kappa shape index (κ3) is 2.71. The number of aromatic hydroxyl groups is 1. The van der Waals surface area contributed by atoms with Crippen molar-refractivity contribution < 1.29 is 14.8 Å². The molecule has 100 valence electrons. The summed E-state index contributed by atoms with van der Waals surface area (Å²) in [5, 5.41) is 25.7. The van der Waals surface area contributed by atoms with Crippen molar-refractivity contribution in [1.29, 1.82) is 0 Å². The Kier molecular flexibility index (Phi) is 3.48. The molecule has 7 heteroatoms. The van der Waals surface area contributed by atoms with Gasteiger partial charge in [0.15, 0.2) is 0 Å². The molecule has 7 nitrogen and oxygen atoms in total. The normalized spacial score (nSPS) is 13.6. The Morgan fingerprint density at radius 2 is 2.16 bits per heavy atom. The van der Waals surface area contributed by atoms with Crippen molar-refractivity contribution in [2.45, 2.75) is 6.92 Å². The molecule has 1 saturated heterocycles. The molecule has 1 aromatic carbocycles. The Balaban J connectivity index is 2.21. The molecule has 0 radical (unpaired) electrons. The number of nitro benzene ring substituents is 1. The van der Waals surface area contributed by atoms with E-state index in [1.54, 1.807) is 6.92 Å². The lowest BCUT2D eigenvalue weighted by atomic mass is 10.0. The number of anilines is 1. The van der Waals surface area contributed by atoms with Gasteiger partial charge in [-0.3, -0.25) is 14.9 Å². The number of benzene rings is 1. The minimum absolute atomic E-state index is 0.0337. The lowest BCUT2D eigenvalue weighted by Crippen LogP contribution is -2.36. The standard InChI is InChI=1S/C12H13N3O4/c1-7(8-5-13-6-8)12(17)14-10-4-9(15(18)19)2-3-11(10)16/h2-4,13,16H,5-6H2,1H3,(H,14,17). The average molecular weight is 263 g/mol. The number of carbonyl (C=O) groups is 1. The molecule has 0 aliphatic carbocycles.